The Kier molecular flexibility index (Phi) is 6.76. The van der Waals surface area contributed by atoms with Crippen LogP contribution in [0.1, 0.15) is 48.6 Å². The van der Waals surface area contributed by atoms with Gasteiger partial charge in [-0.3, -0.25) is 0 Å². The molecule has 2 heteroatoms. The highest BCUT2D eigenvalue weighted by molar-refractivity contribution is 6.09. The fourth-order valence-corrected chi connectivity index (χ4v) is 9.54. The second-order valence-electron chi connectivity index (χ2n) is 16.1. The number of nitrogens with zero attached hydrogens (tertiary/aromatic N) is 1. The predicted octanol–water partition coefficient (Wildman–Crippen LogP) is 14.4. The smallest absolute Gasteiger partial charge is 0.143 e. The van der Waals surface area contributed by atoms with Gasteiger partial charge in [-0.15, -0.1) is 0 Å². The van der Waals surface area contributed by atoms with E-state index in [1.165, 1.54) is 50.1 Å². The first-order valence-electron chi connectivity index (χ1n) is 19.3. The van der Waals surface area contributed by atoms with E-state index in [0.717, 1.165) is 50.1 Å². The summed E-state index contributed by atoms with van der Waals surface area (Å²) in [7, 11) is 0. The summed E-state index contributed by atoms with van der Waals surface area (Å²) in [6.07, 6.45) is 0. The quantitative estimate of drug-likeness (QED) is 0.181. The minimum Gasteiger partial charge on any atom is -0.455 e. The largest absolute Gasteiger partial charge is 0.455 e. The highest BCUT2D eigenvalue weighted by Gasteiger charge is 2.51. The average molecular weight is 706 g/mol. The number of anilines is 3. The van der Waals surface area contributed by atoms with Gasteiger partial charge in [-0.25, -0.2) is 0 Å². The fourth-order valence-electron chi connectivity index (χ4n) is 9.54. The van der Waals surface area contributed by atoms with E-state index in [-0.39, 0.29) is 5.41 Å². The summed E-state index contributed by atoms with van der Waals surface area (Å²) < 4.78 is 6.45. The molecular formula is C53H39NO. The molecule has 8 aromatic carbocycles. The van der Waals surface area contributed by atoms with Gasteiger partial charge in [-0.1, -0.05) is 160 Å². The molecule has 2 aliphatic rings. The summed E-state index contributed by atoms with van der Waals surface area (Å²) in [5.41, 5.74) is 19.0. The van der Waals surface area contributed by atoms with E-state index >= 15 is 0 Å². The highest BCUT2D eigenvalue weighted by Crippen LogP contribution is 2.63. The zero-order chi connectivity index (χ0) is 36.9. The third kappa shape index (κ3) is 4.55. The first-order valence-corrected chi connectivity index (χ1v) is 19.3. The maximum atomic E-state index is 6.45. The van der Waals surface area contributed by atoms with Gasteiger partial charge >= 0.3 is 0 Å². The molecule has 55 heavy (non-hydrogen) atoms. The van der Waals surface area contributed by atoms with E-state index in [4.69, 9.17) is 4.42 Å². The van der Waals surface area contributed by atoms with E-state index in [9.17, 15) is 0 Å². The topological polar surface area (TPSA) is 16.4 Å². The lowest BCUT2D eigenvalue weighted by molar-refractivity contribution is 0.590. The van der Waals surface area contributed by atoms with Crippen molar-refractivity contribution in [1.82, 2.24) is 0 Å². The van der Waals surface area contributed by atoms with Crippen LogP contribution in [0.15, 0.2) is 186 Å². The van der Waals surface area contributed by atoms with Crippen molar-refractivity contribution >= 4 is 39.0 Å². The van der Waals surface area contributed by atoms with Crippen LogP contribution in [-0.4, -0.2) is 0 Å². The van der Waals surface area contributed by atoms with E-state index in [1.807, 2.05) is 12.1 Å². The second-order valence-corrected chi connectivity index (χ2v) is 16.1. The fraction of sp³-hybridized carbons (Fsp3) is 0.0943. The molecular weight excluding hydrogens is 667 g/mol. The van der Waals surface area contributed by atoms with Crippen molar-refractivity contribution in [2.75, 3.05) is 4.90 Å². The predicted molar refractivity (Wildman–Crippen MR) is 229 cm³/mol. The Morgan fingerprint density at radius 1 is 0.418 bits per heavy atom. The van der Waals surface area contributed by atoms with Gasteiger partial charge in [0.2, 0.25) is 0 Å². The molecule has 0 aliphatic heterocycles. The van der Waals surface area contributed by atoms with Crippen LogP contribution in [0.3, 0.4) is 0 Å². The van der Waals surface area contributed by atoms with E-state index in [1.54, 1.807) is 0 Å². The molecule has 0 unspecified atom stereocenters. The normalized spacial score (nSPS) is 13.5. The summed E-state index contributed by atoms with van der Waals surface area (Å²) in [5.74, 6) is 0. The summed E-state index contributed by atoms with van der Waals surface area (Å²) >= 11 is 0. The summed E-state index contributed by atoms with van der Waals surface area (Å²) in [6.45, 7) is 6.82. The van der Waals surface area contributed by atoms with Crippen molar-refractivity contribution in [2.24, 2.45) is 0 Å². The molecule has 9 aromatic rings. The van der Waals surface area contributed by atoms with Crippen molar-refractivity contribution in [3.63, 3.8) is 0 Å². The van der Waals surface area contributed by atoms with Gasteiger partial charge in [0.15, 0.2) is 0 Å². The molecule has 0 atom stereocenters. The van der Waals surface area contributed by atoms with Crippen LogP contribution >= 0.6 is 0 Å². The van der Waals surface area contributed by atoms with Crippen molar-refractivity contribution in [3.05, 3.63) is 210 Å². The van der Waals surface area contributed by atoms with Crippen molar-refractivity contribution in [2.45, 2.75) is 31.6 Å². The lowest BCUT2D eigenvalue weighted by Gasteiger charge is -2.32. The molecule has 0 saturated carbocycles. The minimum atomic E-state index is -0.411. The number of hydrogen-bond acceptors (Lipinski definition) is 2. The van der Waals surface area contributed by atoms with Gasteiger partial charge in [-0.05, 0) is 104 Å². The first-order chi connectivity index (χ1) is 26.9. The van der Waals surface area contributed by atoms with Crippen LogP contribution in [0.5, 0.6) is 0 Å². The van der Waals surface area contributed by atoms with Crippen molar-refractivity contribution in [1.29, 1.82) is 0 Å². The van der Waals surface area contributed by atoms with E-state index in [2.05, 4.69) is 196 Å². The van der Waals surface area contributed by atoms with Crippen LogP contribution in [0.2, 0.25) is 0 Å². The average Bonchev–Trinajstić information content (AvgIpc) is 3.85. The Morgan fingerprint density at radius 3 is 1.53 bits per heavy atom. The van der Waals surface area contributed by atoms with Crippen LogP contribution in [0.25, 0.3) is 55.3 Å². The third-order valence-electron chi connectivity index (χ3n) is 12.1. The monoisotopic (exact) mass is 705 g/mol. The van der Waals surface area contributed by atoms with Gasteiger partial charge in [-0.2, -0.15) is 0 Å². The molecule has 2 nitrogen and oxygen atoms in total. The zero-order valence-electron chi connectivity index (χ0n) is 31.2. The SMILES string of the molecule is CC(C)(C)c1ccc(N(c2ccc(-c3cccc4c3oc3ccccc34)cc2)c2ccc3c(c2)C2(c4ccccc4-c4ccccc42)c2ccccc2-3)cc1. The van der Waals surface area contributed by atoms with Crippen LogP contribution in [0.4, 0.5) is 17.1 Å². The van der Waals surface area contributed by atoms with Gasteiger partial charge in [0, 0.05) is 33.4 Å². The van der Waals surface area contributed by atoms with Gasteiger partial charge in [0.05, 0.1) is 5.41 Å². The van der Waals surface area contributed by atoms with E-state index < -0.39 is 5.41 Å². The van der Waals surface area contributed by atoms with E-state index in [0.29, 0.717) is 0 Å². The Hall–Kier alpha value is -6.64. The number of para-hydroxylation sites is 2. The Labute approximate surface area is 322 Å². The highest BCUT2D eigenvalue weighted by atomic mass is 16.3. The van der Waals surface area contributed by atoms with Crippen LogP contribution in [0, 0.1) is 0 Å². The third-order valence-corrected chi connectivity index (χ3v) is 12.1. The molecule has 0 saturated heterocycles. The number of furan rings is 1. The first kappa shape index (κ1) is 31.8. The molecule has 11 rings (SSSR count). The van der Waals surface area contributed by atoms with Crippen molar-refractivity contribution < 1.29 is 4.42 Å². The molecule has 0 bridgehead atoms. The minimum absolute atomic E-state index is 0.0532. The standard InChI is InChI=1S/C53H39NO/c1-52(2,3)35-25-29-37(30-26-35)54(36-27-23-34(24-28-36)39-17-12-18-45-44-16-7-11-22-50(44)55-51(39)45)38-31-32-43-42-15-6-10-21-48(42)53(49(43)33-38)46-19-8-4-13-40(46)41-14-5-9-20-47(41)53/h4-33H,1-3H3. The molecule has 0 N–H and O–H groups in total. The van der Waals surface area contributed by atoms with Gasteiger partial charge in [0.25, 0.3) is 0 Å². The Bertz CT molecular complexity index is 2890. The zero-order valence-corrected chi connectivity index (χ0v) is 31.2. The van der Waals surface area contributed by atoms with Gasteiger partial charge < -0.3 is 9.32 Å². The molecule has 2 aliphatic carbocycles. The summed E-state index contributed by atoms with van der Waals surface area (Å²) in [5, 5.41) is 2.28. The number of benzene rings is 8. The van der Waals surface area contributed by atoms with Gasteiger partial charge in [0.1, 0.15) is 11.2 Å². The molecule has 0 amide bonds. The number of fused-ring (bicyclic) bond motifs is 13. The lowest BCUT2D eigenvalue weighted by Crippen LogP contribution is -2.26. The second kappa shape index (κ2) is 11.7. The number of rotatable bonds is 4. The molecule has 262 valence electrons. The van der Waals surface area contributed by atoms with Crippen molar-refractivity contribution in [3.8, 4) is 33.4 Å². The van der Waals surface area contributed by atoms with Crippen LogP contribution < -0.4 is 4.90 Å². The molecule has 1 spiro atoms. The molecule has 0 fully saturated rings. The summed E-state index contributed by atoms with van der Waals surface area (Å²) in [4.78, 5) is 2.42. The molecule has 1 aromatic heterocycles. The Balaban J connectivity index is 1.11. The lowest BCUT2D eigenvalue weighted by atomic mass is 9.70. The number of hydrogen-bond donors (Lipinski definition) is 0. The molecule has 1 heterocycles. The molecule has 0 radical (unpaired) electrons. The maximum Gasteiger partial charge on any atom is 0.143 e. The Morgan fingerprint density at radius 2 is 0.909 bits per heavy atom. The maximum absolute atomic E-state index is 6.45. The summed E-state index contributed by atoms with van der Waals surface area (Å²) in [6, 6.07) is 67.1. The van der Waals surface area contributed by atoms with Crippen LogP contribution in [-0.2, 0) is 10.8 Å².